The fourth-order valence-corrected chi connectivity index (χ4v) is 2.24. The molecule has 2 N–H and O–H groups in total. The second-order valence-electron chi connectivity index (χ2n) is 5.02. The second-order valence-corrected chi connectivity index (χ2v) is 5.02. The van der Waals surface area contributed by atoms with Crippen molar-refractivity contribution >= 4 is 29.9 Å². The summed E-state index contributed by atoms with van der Waals surface area (Å²) in [5, 5.41) is 6.64. The van der Waals surface area contributed by atoms with Crippen LogP contribution in [0.15, 0.2) is 53.5 Å². The molecule has 2 aromatic carbocycles. The lowest BCUT2D eigenvalue weighted by Crippen LogP contribution is -2.36. The Balaban J connectivity index is 0.00000264. The summed E-state index contributed by atoms with van der Waals surface area (Å²) in [6, 6.07) is 16.3. The van der Waals surface area contributed by atoms with Crippen LogP contribution in [0.4, 0.5) is 0 Å². The molecule has 0 heterocycles. The summed E-state index contributed by atoms with van der Waals surface area (Å²) < 4.78 is 5.36. The first-order valence-electron chi connectivity index (χ1n) is 7.35. The zero-order chi connectivity index (χ0) is 15.8. The molecule has 0 unspecified atom stereocenters. The van der Waals surface area contributed by atoms with Gasteiger partial charge < -0.3 is 15.4 Å². The SMILES string of the molecule is CN=C(NCc1ccccc1C)NCc1ccccc1OC.I. The van der Waals surface area contributed by atoms with Crippen LogP contribution < -0.4 is 15.4 Å². The van der Waals surface area contributed by atoms with Gasteiger partial charge in [0, 0.05) is 25.7 Å². The lowest BCUT2D eigenvalue weighted by molar-refractivity contribution is 0.409. The van der Waals surface area contributed by atoms with Crippen LogP contribution in [0, 0.1) is 6.92 Å². The molecule has 124 valence electrons. The van der Waals surface area contributed by atoms with Gasteiger partial charge in [-0.05, 0) is 24.1 Å². The summed E-state index contributed by atoms with van der Waals surface area (Å²) in [5.41, 5.74) is 3.64. The zero-order valence-corrected chi connectivity index (χ0v) is 16.1. The Labute approximate surface area is 155 Å². The van der Waals surface area contributed by atoms with Crippen LogP contribution in [0.3, 0.4) is 0 Å². The van der Waals surface area contributed by atoms with E-state index in [4.69, 9.17) is 4.74 Å². The molecule has 0 aromatic heterocycles. The third-order valence-electron chi connectivity index (χ3n) is 3.57. The molecule has 0 aliphatic carbocycles. The number of rotatable bonds is 5. The van der Waals surface area contributed by atoms with E-state index >= 15 is 0 Å². The molecule has 0 atom stereocenters. The number of para-hydroxylation sites is 1. The third-order valence-corrected chi connectivity index (χ3v) is 3.57. The fourth-order valence-electron chi connectivity index (χ4n) is 2.24. The minimum absolute atomic E-state index is 0. The van der Waals surface area contributed by atoms with Crippen molar-refractivity contribution in [2.75, 3.05) is 14.2 Å². The van der Waals surface area contributed by atoms with E-state index in [9.17, 15) is 0 Å². The van der Waals surface area contributed by atoms with E-state index in [2.05, 4.69) is 40.7 Å². The number of nitrogens with one attached hydrogen (secondary N) is 2. The van der Waals surface area contributed by atoms with Crippen LogP contribution in [0.5, 0.6) is 5.75 Å². The van der Waals surface area contributed by atoms with E-state index in [1.54, 1.807) is 14.2 Å². The maximum atomic E-state index is 5.36. The van der Waals surface area contributed by atoms with Gasteiger partial charge in [0.15, 0.2) is 5.96 Å². The Morgan fingerprint density at radius 1 is 0.957 bits per heavy atom. The Morgan fingerprint density at radius 3 is 2.13 bits per heavy atom. The van der Waals surface area contributed by atoms with E-state index < -0.39 is 0 Å². The monoisotopic (exact) mass is 425 g/mol. The molecule has 0 aliphatic rings. The number of aryl methyl sites for hydroxylation is 1. The molecule has 0 radical (unpaired) electrons. The highest BCUT2D eigenvalue weighted by Gasteiger charge is 2.04. The summed E-state index contributed by atoms with van der Waals surface area (Å²) in [6.07, 6.45) is 0. The second kappa shape index (κ2) is 10.1. The first kappa shape index (κ1) is 19.3. The summed E-state index contributed by atoms with van der Waals surface area (Å²) in [5.74, 6) is 1.65. The quantitative estimate of drug-likeness (QED) is 0.438. The van der Waals surface area contributed by atoms with Gasteiger partial charge in [-0.15, -0.1) is 24.0 Å². The van der Waals surface area contributed by atoms with Crippen LogP contribution in [-0.4, -0.2) is 20.1 Å². The first-order valence-corrected chi connectivity index (χ1v) is 7.35. The fraction of sp³-hybridized carbons (Fsp3) is 0.278. The highest BCUT2D eigenvalue weighted by molar-refractivity contribution is 14.0. The highest BCUT2D eigenvalue weighted by atomic mass is 127. The smallest absolute Gasteiger partial charge is 0.191 e. The number of benzene rings is 2. The van der Waals surface area contributed by atoms with E-state index in [-0.39, 0.29) is 24.0 Å². The van der Waals surface area contributed by atoms with Crippen LogP contribution in [0.2, 0.25) is 0 Å². The van der Waals surface area contributed by atoms with Crippen molar-refractivity contribution in [2.45, 2.75) is 20.0 Å². The van der Waals surface area contributed by atoms with Crippen molar-refractivity contribution in [3.05, 3.63) is 65.2 Å². The number of ether oxygens (including phenoxy) is 1. The van der Waals surface area contributed by atoms with E-state index in [1.807, 2.05) is 30.3 Å². The standard InChI is InChI=1S/C18H23N3O.HI/c1-14-8-4-5-9-15(14)12-20-18(19-2)21-13-16-10-6-7-11-17(16)22-3;/h4-11H,12-13H2,1-3H3,(H2,19,20,21);1H. The van der Waals surface area contributed by atoms with Crippen LogP contribution in [-0.2, 0) is 13.1 Å². The molecular weight excluding hydrogens is 401 g/mol. The minimum Gasteiger partial charge on any atom is -0.496 e. The van der Waals surface area contributed by atoms with E-state index in [0.717, 1.165) is 23.8 Å². The average molecular weight is 425 g/mol. The largest absolute Gasteiger partial charge is 0.496 e. The summed E-state index contributed by atoms with van der Waals surface area (Å²) in [6.45, 7) is 3.53. The van der Waals surface area contributed by atoms with Gasteiger partial charge in [-0.25, -0.2) is 0 Å². The number of aliphatic imine (C=N–C) groups is 1. The van der Waals surface area contributed by atoms with Crippen molar-refractivity contribution < 1.29 is 4.74 Å². The van der Waals surface area contributed by atoms with E-state index in [1.165, 1.54) is 11.1 Å². The van der Waals surface area contributed by atoms with Gasteiger partial charge in [-0.2, -0.15) is 0 Å². The molecule has 0 bridgehead atoms. The minimum atomic E-state index is 0. The molecule has 0 saturated heterocycles. The van der Waals surface area contributed by atoms with Crippen molar-refractivity contribution in [3.63, 3.8) is 0 Å². The maximum Gasteiger partial charge on any atom is 0.191 e. The number of hydrogen-bond donors (Lipinski definition) is 2. The summed E-state index contributed by atoms with van der Waals surface area (Å²) in [7, 11) is 3.46. The normalized spacial score (nSPS) is 10.7. The zero-order valence-electron chi connectivity index (χ0n) is 13.8. The Bertz CT molecular complexity index is 644. The number of hydrogen-bond acceptors (Lipinski definition) is 2. The van der Waals surface area contributed by atoms with Crippen LogP contribution in [0.1, 0.15) is 16.7 Å². The van der Waals surface area contributed by atoms with Crippen LogP contribution >= 0.6 is 24.0 Å². The highest BCUT2D eigenvalue weighted by Crippen LogP contribution is 2.16. The predicted octanol–water partition coefficient (Wildman–Crippen LogP) is 3.49. The number of methoxy groups -OCH3 is 1. The van der Waals surface area contributed by atoms with Gasteiger partial charge >= 0.3 is 0 Å². The lowest BCUT2D eigenvalue weighted by Gasteiger charge is -2.14. The average Bonchev–Trinajstić information content (AvgIpc) is 2.56. The number of nitrogens with zero attached hydrogens (tertiary/aromatic N) is 1. The van der Waals surface area contributed by atoms with Crippen molar-refractivity contribution in [1.82, 2.24) is 10.6 Å². The van der Waals surface area contributed by atoms with Crippen molar-refractivity contribution in [1.29, 1.82) is 0 Å². The first-order chi connectivity index (χ1) is 10.7. The molecule has 5 heteroatoms. The molecule has 0 amide bonds. The molecule has 23 heavy (non-hydrogen) atoms. The van der Waals surface area contributed by atoms with E-state index in [0.29, 0.717) is 6.54 Å². The lowest BCUT2D eigenvalue weighted by atomic mass is 10.1. The Morgan fingerprint density at radius 2 is 1.52 bits per heavy atom. The van der Waals surface area contributed by atoms with Gasteiger partial charge in [-0.1, -0.05) is 42.5 Å². The van der Waals surface area contributed by atoms with Gasteiger partial charge in [0.2, 0.25) is 0 Å². The number of halogens is 1. The molecule has 0 aliphatic heterocycles. The van der Waals surface area contributed by atoms with Gasteiger partial charge in [0.05, 0.1) is 7.11 Å². The van der Waals surface area contributed by atoms with Crippen molar-refractivity contribution in [2.24, 2.45) is 4.99 Å². The molecular formula is C18H24IN3O. The summed E-state index contributed by atoms with van der Waals surface area (Å²) in [4.78, 5) is 4.26. The van der Waals surface area contributed by atoms with Crippen molar-refractivity contribution in [3.8, 4) is 5.75 Å². The Kier molecular flexibility index (Phi) is 8.47. The molecule has 4 nitrogen and oxygen atoms in total. The van der Waals surface area contributed by atoms with Gasteiger partial charge in [0.25, 0.3) is 0 Å². The van der Waals surface area contributed by atoms with Gasteiger partial charge in [-0.3, -0.25) is 4.99 Å². The molecule has 0 saturated carbocycles. The predicted molar refractivity (Wildman–Crippen MR) is 107 cm³/mol. The third kappa shape index (κ3) is 5.74. The Hall–Kier alpha value is -1.76. The molecule has 2 aromatic rings. The molecule has 0 spiro atoms. The maximum absolute atomic E-state index is 5.36. The summed E-state index contributed by atoms with van der Waals surface area (Å²) >= 11 is 0. The number of guanidine groups is 1. The van der Waals surface area contributed by atoms with Gasteiger partial charge in [0.1, 0.15) is 5.75 Å². The van der Waals surface area contributed by atoms with Crippen LogP contribution in [0.25, 0.3) is 0 Å². The molecule has 0 fully saturated rings. The molecule has 2 rings (SSSR count). The topological polar surface area (TPSA) is 45.7 Å².